The van der Waals surface area contributed by atoms with Crippen molar-refractivity contribution in [2.24, 2.45) is 0 Å². The first-order valence-corrected chi connectivity index (χ1v) is 12.7. The van der Waals surface area contributed by atoms with Gasteiger partial charge in [-0.1, -0.05) is 51.3 Å². The van der Waals surface area contributed by atoms with Gasteiger partial charge in [0.15, 0.2) is 0 Å². The Morgan fingerprint density at radius 2 is 1.65 bits per heavy atom. The highest BCUT2D eigenvalue weighted by molar-refractivity contribution is 9.10. The number of halogens is 3. The SMILES string of the molecule is CC1(Cc2ccc(Br)cc2)C(=O)N(c2cc(Cl)cc(Cl)c2)C(=O)N1CCCP(=O)(O)O. The van der Waals surface area contributed by atoms with Crippen LogP contribution in [0.1, 0.15) is 18.9 Å². The molecule has 2 aromatic rings. The van der Waals surface area contributed by atoms with Crippen molar-refractivity contribution in [2.75, 3.05) is 17.6 Å². The molecule has 1 aliphatic rings. The number of hydrogen-bond donors (Lipinski definition) is 2. The molecule has 1 heterocycles. The summed E-state index contributed by atoms with van der Waals surface area (Å²) in [5.74, 6) is -0.463. The van der Waals surface area contributed by atoms with Crippen LogP contribution in [-0.4, -0.2) is 44.9 Å². The molecule has 0 saturated carbocycles. The molecule has 3 amide bonds. The number of rotatable bonds is 7. The Labute approximate surface area is 198 Å². The quantitative estimate of drug-likeness (QED) is 0.370. The molecule has 31 heavy (non-hydrogen) atoms. The maximum Gasteiger partial charge on any atom is 0.332 e. The summed E-state index contributed by atoms with van der Waals surface area (Å²) in [6, 6.07) is 11.2. The van der Waals surface area contributed by atoms with Crippen LogP contribution in [0.3, 0.4) is 0 Å². The Morgan fingerprint density at radius 3 is 2.19 bits per heavy atom. The van der Waals surface area contributed by atoms with Crippen molar-refractivity contribution in [3.8, 4) is 0 Å². The standard InChI is InChI=1S/C20H20BrCl2N2O5P/c1-20(12-13-3-5-14(21)6-4-13)18(26)25(17-10-15(22)9-16(23)11-17)19(27)24(20)7-2-8-31(28,29)30/h3-6,9-11H,2,7-8,12H2,1H3,(H2,28,29,30). The third-order valence-electron chi connectivity index (χ3n) is 5.08. The van der Waals surface area contributed by atoms with Gasteiger partial charge in [-0.25, -0.2) is 9.69 Å². The summed E-state index contributed by atoms with van der Waals surface area (Å²) in [6.45, 7) is 1.66. The van der Waals surface area contributed by atoms with Crippen LogP contribution in [0.4, 0.5) is 10.5 Å². The van der Waals surface area contributed by atoms with Gasteiger partial charge in [0, 0.05) is 27.5 Å². The van der Waals surface area contributed by atoms with Crippen LogP contribution in [0.25, 0.3) is 0 Å². The van der Waals surface area contributed by atoms with E-state index in [9.17, 15) is 23.9 Å². The summed E-state index contributed by atoms with van der Waals surface area (Å²) in [4.78, 5) is 47.6. The fraction of sp³-hybridized carbons (Fsp3) is 0.300. The zero-order valence-corrected chi connectivity index (χ0v) is 20.5. The van der Waals surface area contributed by atoms with Crippen LogP contribution in [0.5, 0.6) is 0 Å². The van der Waals surface area contributed by atoms with E-state index in [1.807, 2.05) is 24.3 Å². The molecule has 0 aromatic heterocycles. The molecule has 0 spiro atoms. The van der Waals surface area contributed by atoms with Crippen molar-refractivity contribution in [1.82, 2.24) is 4.90 Å². The second kappa shape index (κ2) is 9.22. The lowest BCUT2D eigenvalue weighted by atomic mass is 9.91. The average molecular weight is 550 g/mol. The van der Waals surface area contributed by atoms with E-state index in [4.69, 9.17) is 23.2 Å². The van der Waals surface area contributed by atoms with Crippen molar-refractivity contribution < 1.29 is 23.9 Å². The molecule has 7 nitrogen and oxygen atoms in total. The van der Waals surface area contributed by atoms with Gasteiger partial charge >= 0.3 is 13.6 Å². The topological polar surface area (TPSA) is 98.2 Å². The number of anilines is 1. The van der Waals surface area contributed by atoms with Crippen LogP contribution >= 0.6 is 46.7 Å². The minimum atomic E-state index is -4.23. The van der Waals surface area contributed by atoms with Gasteiger partial charge in [-0.15, -0.1) is 0 Å². The van der Waals surface area contributed by atoms with Crippen LogP contribution in [0.15, 0.2) is 46.9 Å². The number of carbonyl (C=O) groups excluding carboxylic acids is 2. The molecule has 1 saturated heterocycles. The average Bonchev–Trinajstić information content (AvgIpc) is 2.82. The first-order valence-electron chi connectivity index (χ1n) is 9.32. The van der Waals surface area contributed by atoms with Crippen molar-refractivity contribution in [3.05, 3.63) is 62.5 Å². The van der Waals surface area contributed by atoms with Gasteiger partial charge in [-0.2, -0.15) is 0 Å². The molecular formula is C20H20BrCl2N2O5P. The lowest BCUT2D eigenvalue weighted by Gasteiger charge is -2.32. The van der Waals surface area contributed by atoms with E-state index in [1.54, 1.807) is 6.92 Å². The first kappa shape index (κ1) is 24.2. The summed E-state index contributed by atoms with van der Waals surface area (Å²) < 4.78 is 12.2. The maximum atomic E-state index is 13.5. The van der Waals surface area contributed by atoms with E-state index in [-0.39, 0.29) is 41.3 Å². The number of carbonyl (C=O) groups is 2. The predicted molar refractivity (Wildman–Crippen MR) is 124 cm³/mol. The molecular weight excluding hydrogens is 530 g/mol. The van der Waals surface area contributed by atoms with E-state index in [2.05, 4.69) is 15.9 Å². The van der Waals surface area contributed by atoms with Gasteiger partial charge in [-0.3, -0.25) is 9.36 Å². The van der Waals surface area contributed by atoms with Crippen LogP contribution in [-0.2, 0) is 15.8 Å². The third kappa shape index (κ3) is 5.51. The number of hydrogen-bond acceptors (Lipinski definition) is 3. The molecule has 11 heteroatoms. The molecule has 1 fully saturated rings. The fourth-order valence-electron chi connectivity index (χ4n) is 3.62. The highest BCUT2D eigenvalue weighted by Gasteiger charge is 2.54. The van der Waals surface area contributed by atoms with Crippen LogP contribution in [0.2, 0.25) is 10.0 Å². The smallest absolute Gasteiger partial charge is 0.324 e. The Kier molecular flexibility index (Phi) is 7.21. The lowest BCUT2D eigenvalue weighted by Crippen LogP contribution is -2.49. The van der Waals surface area contributed by atoms with Crippen molar-refractivity contribution in [2.45, 2.75) is 25.3 Å². The molecule has 0 aliphatic carbocycles. The Bertz CT molecular complexity index is 1040. The molecule has 1 atom stereocenters. The molecule has 2 N–H and O–H groups in total. The predicted octanol–water partition coefficient (Wildman–Crippen LogP) is 5.09. The Balaban J connectivity index is 1.99. The van der Waals surface area contributed by atoms with E-state index in [1.165, 1.54) is 23.1 Å². The number of nitrogens with zero attached hydrogens (tertiary/aromatic N) is 2. The minimum absolute atomic E-state index is 0.00745. The van der Waals surface area contributed by atoms with E-state index in [0.717, 1.165) is 14.9 Å². The van der Waals surface area contributed by atoms with Crippen molar-refractivity contribution >= 4 is 64.4 Å². The molecule has 0 radical (unpaired) electrons. The van der Waals surface area contributed by atoms with E-state index < -0.39 is 25.1 Å². The lowest BCUT2D eigenvalue weighted by molar-refractivity contribution is -0.124. The first-order chi connectivity index (χ1) is 14.4. The highest BCUT2D eigenvalue weighted by atomic mass is 79.9. The number of imide groups is 1. The van der Waals surface area contributed by atoms with Gasteiger partial charge in [0.1, 0.15) is 5.54 Å². The molecule has 3 rings (SSSR count). The van der Waals surface area contributed by atoms with Gasteiger partial charge < -0.3 is 14.7 Å². The minimum Gasteiger partial charge on any atom is -0.324 e. The normalized spacial score (nSPS) is 19.4. The Morgan fingerprint density at radius 1 is 1.06 bits per heavy atom. The van der Waals surface area contributed by atoms with E-state index >= 15 is 0 Å². The van der Waals surface area contributed by atoms with Crippen LogP contribution < -0.4 is 4.90 Å². The highest BCUT2D eigenvalue weighted by Crippen LogP contribution is 2.39. The molecule has 1 aliphatic heterocycles. The molecule has 2 aromatic carbocycles. The van der Waals surface area contributed by atoms with Gasteiger partial charge in [0.25, 0.3) is 5.91 Å². The summed E-state index contributed by atoms with van der Waals surface area (Å²) in [5, 5.41) is 0.551. The fourth-order valence-corrected chi connectivity index (χ4v) is 4.95. The summed E-state index contributed by atoms with van der Waals surface area (Å²) in [6.07, 6.45) is -0.114. The molecule has 166 valence electrons. The second-order valence-electron chi connectivity index (χ2n) is 7.52. The molecule has 0 bridgehead atoms. The van der Waals surface area contributed by atoms with Gasteiger partial charge in [0.05, 0.1) is 11.8 Å². The van der Waals surface area contributed by atoms with Gasteiger partial charge in [-0.05, 0) is 49.2 Å². The number of urea groups is 1. The van der Waals surface area contributed by atoms with Gasteiger partial charge in [0.2, 0.25) is 0 Å². The zero-order valence-electron chi connectivity index (χ0n) is 16.5. The van der Waals surface area contributed by atoms with Crippen molar-refractivity contribution in [1.29, 1.82) is 0 Å². The van der Waals surface area contributed by atoms with E-state index in [0.29, 0.717) is 0 Å². The van der Waals surface area contributed by atoms with Crippen molar-refractivity contribution in [3.63, 3.8) is 0 Å². The maximum absolute atomic E-state index is 13.5. The largest absolute Gasteiger partial charge is 0.332 e. The van der Waals surface area contributed by atoms with Crippen LogP contribution in [0, 0.1) is 0 Å². The number of amides is 3. The zero-order chi connectivity index (χ0) is 23.0. The summed E-state index contributed by atoms with van der Waals surface area (Å²) in [5.41, 5.74) is -0.181. The third-order valence-corrected chi connectivity index (χ3v) is 6.94. The molecule has 1 unspecified atom stereocenters. The summed E-state index contributed by atoms with van der Waals surface area (Å²) >= 11 is 15.5. The summed E-state index contributed by atoms with van der Waals surface area (Å²) in [7, 11) is -4.23. The second-order valence-corrected chi connectivity index (χ2v) is 11.1. The number of benzene rings is 2. The monoisotopic (exact) mass is 548 g/mol. The Hall–Kier alpha value is -1.41.